The first-order valence-electron chi connectivity index (χ1n) is 3.28. The van der Waals surface area contributed by atoms with Crippen LogP contribution in [0.2, 0.25) is 0 Å². The summed E-state index contributed by atoms with van der Waals surface area (Å²) in [5.41, 5.74) is 1.11. The van der Waals surface area contributed by atoms with E-state index in [-0.39, 0.29) is 0 Å². The molecule has 0 atom stereocenters. The minimum Gasteiger partial charge on any atom is -0.282 e. The van der Waals surface area contributed by atoms with E-state index in [4.69, 9.17) is 0 Å². The van der Waals surface area contributed by atoms with E-state index in [9.17, 15) is 0 Å². The van der Waals surface area contributed by atoms with E-state index in [1.165, 1.54) is 0 Å². The van der Waals surface area contributed by atoms with Crippen LogP contribution in [0.15, 0.2) is 35.5 Å². The van der Waals surface area contributed by atoms with Crippen LogP contribution in [-0.2, 0) is 6.42 Å². The molecule has 1 N–H and O–H groups in total. The summed E-state index contributed by atoms with van der Waals surface area (Å²) in [6, 6.07) is 1.95. The quantitative estimate of drug-likeness (QED) is 0.767. The Balaban J connectivity index is 2.40. The Morgan fingerprint density at radius 1 is 1.82 bits per heavy atom. The fraction of sp³-hybridized carbons (Fsp3) is 0.125. The fourth-order valence-electron chi connectivity index (χ4n) is 0.712. The molecule has 1 aromatic rings. The lowest BCUT2D eigenvalue weighted by Gasteiger charge is -1.86. The molecule has 0 aliphatic heterocycles. The SMILES string of the molecule is C=C(Br)/C=C\Cc1ccn[nH]1. The summed E-state index contributed by atoms with van der Waals surface area (Å²) >= 11 is 3.23. The second-order valence-electron chi connectivity index (χ2n) is 2.14. The van der Waals surface area contributed by atoms with E-state index < -0.39 is 0 Å². The molecule has 0 aromatic carbocycles. The van der Waals surface area contributed by atoms with Crippen molar-refractivity contribution in [3.8, 4) is 0 Å². The molecule has 0 spiro atoms. The van der Waals surface area contributed by atoms with Gasteiger partial charge in [-0.25, -0.2) is 0 Å². The van der Waals surface area contributed by atoms with E-state index in [0.717, 1.165) is 16.6 Å². The summed E-state index contributed by atoms with van der Waals surface area (Å²) in [6.45, 7) is 3.68. The maximum Gasteiger partial charge on any atom is 0.0490 e. The fourth-order valence-corrected chi connectivity index (χ4v) is 0.899. The lowest BCUT2D eigenvalue weighted by molar-refractivity contribution is 1.01. The van der Waals surface area contributed by atoms with Crippen molar-refractivity contribution in [2.75, 3.05) is 0 Å². The van der Waals surface area contributed by atoms with Crippen molar-refractivity contribution in [2.45, 2.75) is 6.42 Å². The van der Waals surface area contributed by atoms with Gasteiger partial charge in [0.1, 0.15) is 0 Å². The normalized spacial score (nSPS) is 10.6. The van der Waals surface area contributed by atoms with Gasteiger partial charge in [-0.3, -0.25) is 5.10 Å². The van der Waals surface area contributed by atoms with E-state index in [1.807, 2.05) is 18.2 Å². The van der Waals surface area contributed by atoms with Crippen LogP contribution in [0.1, 0.15) is 5.69 Å². The highest BCUT2D eigenvalue weighted by molar-refractivity contribution is 9.11. The third kappa shape index (κ3) is 3.18. The molecule has 0 saturated heterocycles. The Morgan fingerprint density at radius 2 is 2.64 bits per heavy atom. The second-order valence-corrected chi connectivity index (χ2v) is 3.15. The van der Waals surface area contributed by atoms with Crippen molar-refractivity contribution in [2.24, 2.45) is 0 Å². The van der Waals surface area contributed by atoms with Gasteiger partial charge < -0.3 is 0 Å². The Labute approximate surface area is 74.1 Å². The van der Waals surface area contributed by atoms with E-state index in [1.54, 1.807) is 6.20 Å². The van der Waals surface area contributed by atoms with Crippen molar-refractivity contribution in [1.29, 1.82) is 0 Å². The van der Waals surface area contributed by atoms with Crippen molar-refractivity contribution >= 4 is 15.9 Å². The highest BCUT2D eigenvalue weighted by Crippen LogP contribution is 2.03. The zero-order valence-electron chi connectivity index (χ0n) is 6.05. The Hall–Kier alpha value is -0.830. The molecule has 1 rings (SSSR count). The summed E-state index contributed by atoms with van der Waals surface area (Å²) < 4.78 is 0.886. The van der Waals surface area contributed by atoms with Gasteiger partial charge in [0.15, 0.2) is 0 Å². The molecule has 11 heavy (non-hydrogen) atoms. The molecule has 0 bridgehead atoms. The summed E-state index contributed by atoms with van der Waals surface area (Å²) in [6.07, 6.45) is 6.54. The lowest BCUT2D eigenvalue weighted by Crippen LogP contribution is -1.79. The van der Waals surface area contributed by atoms with Gasteiger partial charge >= 0.3 is 0 Å². The van der Waals surface area contributed by atoms with Crippen molar-refractivity contribution in [3.63, 3.8) is 0 Å². The first-order chi connectivity index (χ1) is 5.29. The first kappa shape index (κ1) is 8.27. The molecular formula is C8H9BrN2. The molecule has 0 unspecified atom stereocenters. The number of allylic oxidation sites excluding steroid dienone is 3. The molecule has 3 heteroatoms. The molecule has 0 aliphatic carbocycles. The number of halogens is 1. The minimum absolute atomic E-state index is 0.866. The van der Waals surface area contributed by atoms with Crippen molar-refractivity contribution in [1.82, 2.24) is 10.2 Å². The summed E-state index contributed by atoms with van der Waals surface area (Å²) in [4.78, 5) is 0. The monoisotopic (exact) mass is 212 g/mol. The molecule has 0 amide bonds. The van der Waals surface area contributed by atoms with Gasteiger partial charge in [-0.1, -0.05) is 34.7 Å². The number of hydrogen-bond donors (Lipinski definition) is 1. The van der Waals surface area contributed by atoms with Crippen LogP contribution in [-0.4, -0.2) is 10.2 Å². The molecule has 0 saturated carbocycles. The molecule has 0 radical (unpaired) electrons. The molecule has 0 fully saturated rings. The van der Waals surface area contributed by atoms with E-state index in [2.05, 4.69) is 32.7 Å². The van der Waals surface area contributed by atoms with Crippen LogP contribution in [0, 0.1) is 0 Å². The zero-order valence-corrected chi connectivity index (χ0v) is 7.63. The van der Waals surface area contributed by atoms with Gasteiger partial charge in [0.25, 0.3) is 0 Å². The molecule has 2 nitrogen and oxygen atoms in total. The molecule has 0 aliphatic rings. The maximum atomic E-state index is 3.83. The third-order valence-electron chi connectivity index (χ3n) is 1.19. The highest BCUT2D eigenvalue weighted by Gasteiger charge is 1.87. The predicted molar refractivity (Wildman–Crippen MR) is 49.5 cm³/mol. The molecular weight excluding hydrogens is 204 g/mol. The molecule has 1 aromatic heterocycles. The summed E-state index contributed by atoms with van der Waals surface area (Å²) in [5, 5.41) is 6.69. The predicted octanol–water partition coefficient (Wildman–Crippen LogP) is 2.42. The number of hydrogen-bond acceptors (Lipinski definition) is 1. The van der Waals surface area contributed by atoms with Gasteiger partial charge in [0.2, 0.25) is 0 Å². The smallest absolute Gasteiger partial charge is 0.0490 e. The van der Waals surface area contributed by atoms with Crippen LogP contribution < -0.4 is 0 Å². The lowest BCUT2D eigenvalue weighted by atomic mass is 10.3. The Morgan fingerprint density at radius 3 is 3.18 bits per heavy atom. The number of rotatable bonds is 3. The summed E-state index contributed by atoms with van der Waals surface area (Å²) in [7, 11) is 0. The van der Waals surface area contributed by atoms with Crippen LogP contribution >= 0.6 is 15.9 Å². The highest BCUT2D eigenvalue weighted by atomic mass is 79.9. The average Bonchev–Trinajstić information content (AvgIpc) is 2.39. The van der Waals surface area contributed by atoms with Crippen LogP contribution in [0.3, 0.4) is 0 Å². The Bertz CT molecular complexity index is 249. The topological polar surface area (TPSA) is 28.7 Å². The summed E-state index contributed by atoms with van der Waals surface area (Å²) in [5.74, 6) is 0. The van der Waals surface area contributed by atoms with Crippen LogP contribution in [0.5, 0.6) is 0 Å². The third-order valence-corrected chi connectivity index (χ3v) is 1.46. The van der Waals surface area contributed by atoms with Gasteiger partial charge in [-0.05, 0) is 6.07 Å². The van der Waals surface area contributed by atoms with Gasteiger partial charge in [-0.2, -0.15) is 5.10 Å². The van der Waals surface area contributed by atoms with Gasteiger partial charge in [0.05, 0.1) is 0 Å². The number of nitrogens with zero attached hydrogens (tertiary/aromatic N) is 1. The second kappa shape index (κ2) is 4.13. The van der Waals surface area contributed by atoms with Crippen molar-refractivity contribution in [3.05, 3.63) is 41.2 Å². The molecule has 1 heterocycles. The maximum absolute atomic E-state index is 3.83. The average molecular weight is 213 g/mol. The van der Waals surface area contributed by atoms with Gasteiger partial charge in [0, 0.05) is 22.8 Å². The number of nitrogens with one attached hydrogen (secondary N) is 1. The number of aromatic amines is 1. The van der Waals surface area contributed by atoms with Gasteiger partial charge in [-0.15, -0.1) is 0 Å². The van der Waals surface area contributed by atoms with E-state index in [0.29, 0.717) is 0 Å². The Kier molecular flexibility index (Phi) is 3.11. The van der Waals surface area contributed by atoms with E-state index >= 15 is 0 Å². The number of aromatic nitrogens is 2. The van der Waals surface area contributed by atoms with Crippen molar-refractivity contribution < 1.29 is 0 Å². The minimum atomic E-state index is 0.866. The zero-order chi connectivity index (χ0) is 8.10. The largest absolute Gasteiger partial charge is 0.282 e. The van der Waals surface area contributed by atoms with Crippen LogP contribution in [0.4, 0.5) is 0 Å². The number of H-pyrrole nitrogens is 1. The standard InChI is InChI=1S/C8H9BrN2/c1-7(9)3-2-4-8-5-6-10-11-8/h2-3,5-6H,1,4H2,(H,10,11)/b3-2-. The first-order valence-corrected chi connectivity index (χ1v) is 4.07. The van der Waals surface area contributed by atoms with Crippen LogP contribution in [0.25, 0.3) is 0 Å². The molecule has 58 valence electrons.